The average molecular weight is 1280 g/mol. The molecular weight excluding hydrogens is 1180 g/mol. The van der Waals surface area contributed by atoms with Crippen LogP contribution in [0.3, 0.4) is 0 Å². The minimum absolute atomic E-state index is 0.000744. The summed E-state index contributed by atoms with van der Waals surface area (Å²) in [6.07, 6.45) is 39.7. The average Bonchev–Trinajstić information content (AvgIpc) is 0.900. The molecule has 5 N–H and O–H groups in total. The molecule has 4 aromatic heterocycles. The van der Waals surface area contributed by atoms with Crippen molar-refractivity contribution in [1.82, 2.24) is 18.3 Å². The van der Waals surface area contributed by atoms with Crippen LogP contribution in [0.1, 0.15) is 286 Å². The van der Waals surface area contributed by atoms with Crippen LogP contribution in [0, 0.1) is 0 Å². The number of nitrogens with zero attached hydrogens (tertiary/aromatic N) is 4. The molecule has 0 saturated carbocycles. The van der Waals surface area contributed by atoms with E-state index in [0.29, 0.717) is 58.3 Å². The maximum Gasteiger partial charge on any atom is 0.261 e. The second-order valence-corrected chi connectivity index (χ2v) is 24.8. The van der Waals surface area contributed by atoms with Crippen LogP contribution in [0.4, 0.5) is 28.4 Å². The van der Waals surface area contributed by atoms with Crippen molar-refractivity contribution in [2.45, 2.75) is 260 Å². The first-order valence-electron chi connectivity index (χ1n) is 35.1. The number of carbonyl (C=O) groups excluding carboxylic acids is 5. The fraction of sp³-hybridized carbons (Fsp3) is 0.575. The van der Waals surface area contributed by atoms with Gasteiger partial charge in [-0.05, 0) is 45.1 Å². The van der Waals surface area contributed by atoms with E-state index >= 15 is 4.79 Å². The molecule has 1 aliphatic heterocycles. The number of hydrogen-bond acceptors (Lipinski definition) is 11. The molecule has 508 valence electrons. The SMILES string of the molecule is CCCCCCCCOc1cc2c(OCC)c(c1)C(=O)Nc1cn(CCCCCCCC)cc(c1=O)C(=O)Nc1cn(CCCCCCCC)cc(c1=O)C(=O)Nc1cn(CCCCCCCC)cc(c1=O)C(=O)Nc1cn(CCCCCCCC)cc(c1=O)C(=O)N2. The van der Waals surface area contributed by atoms with Gasteiger partial charge in [0.1, 0.15) is 50.8 Å². The fourth-order valence-corrected chi connectivity index (χ4v) is 11.6. The Morgan fingerprint density at radius 2 is 0.538 bits per heavy atom. The van der Waals surface area contributed by atoms with Gasteiger partial charge in [0.05, 0.1) is 24.5 Å². The maximum absolute atomic E-state index is 15.1. The van der Waals surface area contributed by atoms with E-state index in [1.807, 2.05) is 0 Å². The van der Waals surface area contributed by atoms with E-state index in [4.69, 9.17) is 9.47 Å². The Labute approximate surface area is 549 Å². The number of amides is 5. The van der Waals surface area contributed by atoms with Crippen LogP contribution >= 0.6 is 0 Å². The summed E-state index contributed by atoms with van der Waals surface area (Å²) in [6.45, 7) is 14.0. The quantitative estimate of drug-likeness (QED) is 0.0232. The number of aromatic nitrogens is 4. The van der Waals surface area contributed by atoms with Gasteiger partial charge in [-0.3, -0.25) is 43.2 Å². The first-order valence-corrected chi connectivity index (χ1v) is 35.1. The lowest BCUT2D eigenvalue weighted by atomic mass is 10.1. The number of aryl methyl sites for hydroxylation is 4. The van der Waals surface area contributed by atoms with Crippen LogP contribution in [-0.4, -0.2) is 61.0 Å². The maximum atomic E-state index is 15.1. The molecule has 0 unspecified atom stereocenters. The lowest BCUT2D eigenvalue weighted by Crippen LogP contribution is -2.32. The van der Waals surface area contributed by atoms with Crippen molar-refractivity contribution in [1.29, 1.82) is 0 Å². The third-order valence-corrected chi connectivity index (χ3v) is 17.0. The normalized spacial score (nSPS) is 12.7. The summed E-state index contributed by atoms with van der Waals surface area (Å²) < 4.78 is 19.1. The summed E-state index contributed by atoms with van der Waals surface area (Å²) in [5, 5.41) is 13.5. The van der Waals surface area contributed by atoms with Crippen molar-refractivity contribution >= 4 is 58.0 Å². The molecule has 6 rings (SSSR count). The van der Waals surface area contributed by atoms with Crippen molar-refractivity contribution in [3.05, 3.63) is 130 Å². The Morgan fingerprint density at radius 1 is 0.280 bits per heavy atom. The molecule has 0 saturated heterocycles. The van der Waals surface area contributed by atoms with Crippen LogP contribution < -0.4 is 57.8 Å². The second-order valence-electron chi connectivity index (χ2n) is 24.8. The summed E-state index contributed by atoms with van der Waals surface area (Å²) in [5.41, 5.74) is -6.71. The lowest BCUT2D eigenvalue weighted by Gasteiger charge is -2.19. The zero-order valence-electron chi connectivity index (χ0n) is 56.5. The molecule has 0 radical (unpaired) electrons. The lowest BCUT2D eigenvalue weighted by molar-refractivity contribution is 0.101. The number of hydrogen-bond donors (Lipinski definition) is 5. The van der Waals surface area contributed by atoms with Gasteiger partial charge in [-0.2, -0.15) is 0 Å². The predicted octanol–water partition coefficient (Wildman–Crippen LogP) is 15.5. The van der Waals surface area contributed by atoms with Gasteiger partial charge in [0, 0.05) is 81.8 Å². The summed E-state index contributed by atoms with van der Waals surface area (Å²) in [7, 11) is 0. The van der Waals surface area contributed by atoms with Gasteiger partial charge in [0.25, 0.3) is 29.5 Å². The van der Waals surface area contributed by atoms with E-state index in [-0.39, 0.29) is 64.3 Å². The number of unbranched alkanes of at least 4 members (excludes halogenated alkanes) is 25. The van der Waals surface area contributed by atoms with Crippen molar-refractivity contribution < 1.29 is 33.4 Å². The molecular formula is C73H105N9O11. The molecule has 5 amide bonds. The van der Waals surface area contributed by atoms with Crippen LogP contribution in [0.2, 0.25) is 0 Å². The molecule has 0 fully saturated rings. The zero-order valence-corrected chi connectivity index (χ0v) is 56.5. The van der Waals surface area contributed by atoms with E-state index in [1.54, 1.807) is 25.2 Å². The Balaban J connectivity index is 1.58. The molecule has 1 aromatic carbocycles. The van der Waals surface area contributed by atoms with Gasteiger partial charge < -0.3 is 54.3 Å². The van der Waals surface area contributed by atoms with Gasteiger partial charge in [0.15, 0.2) is 5.75 Å². The summed E-state index contributed by atoms with van der Waals surface area (Å²) in [5.74, 6) is -4.72. The molecule has 0 spiro atoms. The monoisotopic (exact) mass is 1280 g/mol. The Hall–Kier alpha value is -8.03. The largest absolute Gasteiger partial charge is 0.493 e. The third kappa shape index (κ3) is 23.2. The van der Waals surface area contributed by atoms with Gasteiger partial charge >= 0.3 is 0 Å². The summed E-state index contributed by atoms with van der Waals surface area (Å²) >= 11 is 0. The van der Waals surface area contributed by atoms with Crippen molar-refractivity contribution in [2.24, 2.45) is 0 Å². The van der Waals surface area contributed by atoms with E-state index in [9.17, 15) is 38.4 Å². The van der Waals surface area contributed by atoms with Crippen molar-refractivity contribution in [3.63, 3.8) is 0 Å². The Kier molecular flexibility index (Phi) is 32.0. The van der Waals surface area contributed by atoms with Crippen LogP contribution in [0.15, 0.2) is 80.9 Å². The molecule has 20 nitrogen and oxygen atoms in total. The molecule has 1 aliphatic rings. The standard InChI is InChI=1S/C73H105N9O11/c1-7-13-18-23-28-33-38-79-45-55-64(83)61(50-79)76-72(90)57-47-81(40-35-30-25-20-15-9-3)52-63(66(57)85)78-73(91)58-48-82(41-36-31-26-21-16-10-4)51-62(67(58)86)77-71(89)56-46-80(39-34-29-24-19-14-8-2)49-60(65(56)84)75-69(87)54-43-53(93-42-37-32-27-22-17-11-5)44-59(74-70(55)88)68(54)92-12-6/h43-52H,7-42H2,1-6H3,(H,74,88)(H,75,87)(H,76,90)(H,77,89)(H,78,91). The highest BCUT2D eigenvalue weighted by Crippen LogP contribution is 2.36. The molecule has 0 aliphatic carbocycles. The number of ether oxygens (including phenoxy) is 2. The first kappa shape index (κ1) is 74.0. The Bertz CT molecular complexity index is 3480. The molecule has 20 heteroatoms. The van der Waals surface area contributed by atoms with E-state index in [2.05, 4.69) is 61.2 Å². The van der Waals surface area contributed by atoms with Crippen LogP contribution in [0.25, 0.3) is 0 Å². The molecule has 5 heterocycles. The minimum atomic E-state index is -1.01. The topological polar surface area (TPSA) is 252 Å². The zero-order chi connectivity index (χ0) is 66.9. The third-order valence-electron chi connectivity index (χ3n) is 17.0. The van der Waals surface area contributed by atoms with Gasteiger partial charge in [-0.25, -0.2) is 0 Å². The first-order chi connectivity index (χ1) is 45.1. The van der Waals surface area contributed by atoms with Crippen molar-refractivity contribution in [3.8, 4) is 11.5 Å². The predicted molar refractivity (Wildman–Crippen MR) is 373 cm³/mol. The smallest absolute Gasteiger partial charge is 0.261 e. The summed E-state index contributed by atoms with van der Waals surface area (Å²) in [6, 6.07) is 2.95. The van der Waals surface area contributed by atoms with Gasteiger partial charge in [0.2, 0.25) is 21.7 Å². The number of rotatable bonds is 38. The van der Waals surface area contributed by atoms with Gasteiger partial charge in [-0.1, -0.05) is 195 Å². The highest BCUT2D eigenvalue weighted by atomic mass is 16.5. The number of carbonyl (C=O) groups is 5. The number of pyridine rings is 4. The highest BCUT2D eigenvalue weighted by Gasteiger charge is 2.28. The number of benzene rings is 1. The summed E-state index contributed by atoms with van der Waals surface area (Å²) in [4.78, 5) is 134. The van der Waals surface area contributed by atoms with E-state index < -0.39 is 67.9 Å². The van der Waals surface area contributed by atoms with E-state index in [0.717, 1.165) is 161 Å². The van der Waals surface area contributed by atoms with Crippen LogP contribution in [-0.2, 0) is 26.2 Å². The molecule has 93 heavy (non-hydrogen) atoms. The molecule has 10 bridgehead atoms. The minimum Gasteiger partial charge on any atom is -0.493 e. The molecule has 0 atom stereocenters. The fourth-order valence-electron chi connectivity index (χ4n) is 11.6. The second kappa shape index (κ2) is 40.2. The number of fused-ring (bicyclic) bond motifs is 10. The van der Waals surface area contributed by atoms with Crippen molar-refractivity contribution in [2.75, 3.05) is 39.8 Å². The van der Waals surface area contributed by atoms with E-state index in [1.165, 1.54) is 61.7 Å². The highest BCUT2D eigenvalue weighted by molar-refractivity contribution is 6.12. The molecule has 5 aromatic rings. The number of nitrogens with one attached hydrogen (secondary N) is 5. The van der Waals surface area contributed by atoms with Crippen LogP contribution in [0.5, 0.6) is 11.5 Å². The number of anilines is 5. The Morgan fingerprint density at radius 3 is 0.828 bits per heavy atom. The van der Waals surface area contributed by atoms with Gasteiger partial charge in [-0.15, -0.1) is 0 Å².